The number of carboxylic acids is 1. The molecule has 8 heteroatoms. The van der Waals surface area contributed by atoms with E-state index in [0.29, 0.717) is 16.3 Å². The molecule has 1 unspecified atom stereocenters. The second kappa shape index (κ2) is 6.01. The Morgan fingerprint density at radius 1 is 1.48 bits per heavy atom. The van der Waals surface area contributed by atoms with Crippen molar-refractivity contribution >= 4 is 35.2 Å². The smallest absolute Gasteiger partial charge is 0.328 e. The quantitative estimate of drug-likeness (QED) is 0.760. The van der Waals surface area contributed by atoms with Crippen LogP contribution in [-0.2, 0) is 9.59 Å². The highest BCUT2D eigenvalue weighted by Crippen LogP contribution is 2.23. The van der Waals surface area contributed by atoms with Gasteiger partial charge in [0.15, 0.2) is 0 Å². The van der Waals surface area contributed by atoms with Gasteiger partial charge in [-0.2, -0.15) is 0 Å². The first-order valence-corrected chi connectivity index (χ1v) is 6.60. The van der Waals surface area contributed by atoms with Crippen LogP contribution in [0.3, 0.4) is 0 Å². The van der Waals surface area contributed by atoms with Crippen molar-refractivity contribution in [3.63, 3.8) is 0 Å². The predicted octanol–water partition coefficient (Wildman–Crippen LogP) is 1.07. The molecule has 0 spiro atoms. The van der Waals surface area contributed by atoms with Gasteiger partial charge >= 0.3 is 12.0 Å². The average Bonchev–Trinajstić information content (AvgIpc) is 2.43. The van der Waals surface area contributed by atoms with E-state index < -0.39 is 23.9 Å². The first-order chi connectivity index (χ1) is 9.90. The summed E-state index contributed by atoms with van der Waals surface area (Å²) in [7, 11) is 0. The maximum absolute atomic E-state index is 12.2. The number of carbonyl (C=O) groups is 3. The van der Waals surface area contributed by atoms with E-state index in [1.165, 1.54) is 0 Å². The Morgan fingerprint density at radius 3 is 2.86 bits per heavy atom. The highest BCUT2D eigenvalue weighted by atomic mass is 35.5. The molecule has 0 aromatic heterocycles. The van der Waals surface area contributed by atoms with Gasteiger partial charge in [0.05, 0.1) is 0 Å². The van der Waals surface area contributed by atoms with Crippen LogP contribution in [0.4, 0.5) is 10.5 Å². The van der Waals surface area contributed by atoms with Gasteiger partial charge < -0.3 is 15.7 Å². The maximum Gasteiger partial charge on any atom is 0.328 e. The zero-order valence-electron chi connectivity index (χ0n) is 11.2. The van der Waals surface area contributed by atoms with E-state index in [1.807, 2.05) is 0 Å². The van der Waals surface area contributed by atoms with Gasteiger partial charge in [-0.1, -0.05) is 17.7 Å². The summed E-state index contributed by atoms with van der Waals surface area (Å²) < 4.78 is 0. The van der Waals surface area contributed by atoms with Crippen LogP contribution in [0.15, 0.2) is 18.2 Å². The van der Waals surface area contributed by atoms with Gasteiger partial charge in [-0.25, -0.2) is 9.59 Å². The molecule has 3 N–H and O–H groups in total. The fourth-order valence-electron chi connectivity index (χ4n) is 2.01. The number of hydrogen-bond acceptors (Lipinski definition) is 3. The highest BCUT2D eigenvalue weighted by molar-refractivity contribution is 6.31. The molecule has 0 bridgehead atoms. The summed E-state index contributed by atoms with van der Waals surface area (Å²) in [4.78, 5) is 35.7. The van der Waals surface area contributed by atoms with Crippen LogP contribution >= 0.6 is 11.6 Å². The number of amides is 3. The van der Waals surface area contributed by atoms with Gasteiger partial charge in [-0.05, 0) is 24.6 Å². The molecule has 1 saturated heterocycles. The van der Waals surface area contributed by atoms with Gasteiger partial charge in [-0.3, -0.25) is 9.69 Å². The van der Waals surface area contributed by atoms with Crippen molar-refractivity contribution < 1.29 is 19.5 Å². The maximum atomic E-state index is 12.2. The van der Waals surface area contributed by atoms with Crippen molar-refractivity contribution in [3.05, 3.63) is 28.8 Å². The number of nitrogens with zero attached hydrogens (tertiary/aromatic N) is 1. The molecular weight excluding hydrogens is 298 g/mol. The van der Waals surface area contributed by atoms with Crippen molar-refractivity contribution in [1.82, 2.24) is 10.2 Å². The topological polar surface area (TPSA) is 98.7 Å². The van der Waals surface area contributed by atoms with Crippen LogP contribution in [0.25, 0.3) is 0 Å². The molecule has 0 radical (unpaired) electrons. The van der Waals surface area contributed by atoms with E-state index in [9.17, 15) is 14.4 Å². The molecule has 1 atom stereocenters. The van der Waals surface area contributed by atoms with Crippen LogP contribution < -0.4 is 10.6 Å². The number of piperazine rings is 1. The molecule has 0 aliphatic carbocycles. The fourth-order valence-corrected chi connectivity index (χ4v) is 2.18. The van der Waals surface area contributed by atoms with Gasteiger partial charge in [0, 0.05) is 17.3 Å². The molecular formula is C13H14ClN3O4. The van der Waals surface area contributed by atoms with Crippen LogP contribution in [0.1, 0.15) is 5.56 Å². The standard InChI is InChI=1S/C13H14ClN3O4/c1-7-8(14)3-2-4-9(7)16-13(21)17-6-11(18)15-5-10(17)12(19)20/h2-4,10H,5-6H2,1H3,(H,15,18)(H,16,21)(H,19,20). The number of urea groups is 1. The Labute approximate surface area is 125 Å². The second-order valence-corrected chi connectivity index (χ2v) is 5.04. The van der Waals surface area contributed by atoms with Crippen LogP contribution in [0.5, 0.6) is 0 Å². The summed E-state index contributed by atoms with van der Waals surface area (Å²) >= 11 is 5.96. The summed E-state index contributed by atoms with van der Waals surface area (Å²) in [5.41, 5.74) is 1.14. The summed E-state index contributed by atoms with van der Waals surface area (Å²) in [5.74, 6) is -1.57. The minimum Gasteiger partial charge on any atom is -0.480 e. The Morgan fingerprint density at radius 2 is 2.19 bits per heavy atom. The van der Waals surface area contributed by atoms with Gasteiger partial charge in [0.2, 0.25) is 5.91 Å². The Bertz CT molecular complexity index is 605. The van der Waals surface area contributed by atoms with Crippen LogP contribution in [-0.4, -0.2) is 47.0 Å². The predicted molar refractivity (Wildman–Crippen MR) is 76.3 cm³/mol. The number of carboxylic acid groups (broad SMARTS) is 1. The number of benzene rings is 1. The number of nitrogens with one attached hydrogen (secondary N) is 2. The molecule has 1 aromatic carbocycles. The molecule has 1 aliphatic heterocycles. The van der Waals surface area contributed by atoms with E-state index in [-0.39, 0.29) is 13.1 Å². The Hall–Kier alpha value is -2.28. The average molecular weight is 312 g/mol. The molecule has 7 nitrogen and oxygen atoms in total. The lowest BCUT2D eigenvalue weighted by Gasteiger charge is -2.32. The number of carbonyl (C=O) groups excluding carboxylic acids is 2. The highest BCUT2D eigenvalue weighted by Gasteiger charge is 2.35. The molecule has 1 aromatic rings. The fraction of sp³-hybridized carbons (Fsp3) is 0.308. The monoisotopic (exact) mass is 311 g/mol. The number of halogens is 1. The van der Waals surface area contributed by atoms with Gasteiger partial charge in [0.25, 0.3) is 0 Å². The first-order valence-electron chi connectivity index (χ1n) is 6.22. The van der Waals surface area contributed by atoms with Crippen molar-refractivity contribution in [2.75, 3.05) is 18.4 Å². The van der Waals surface area contributed by atoms with Crippen molar-refractivity contribution in [2.45, 2.75) is 13.0 Å². The van der Waals surface area contributed by atoms with E-state index in [1.54, 1.807) is 25.1 Å². The van der Waals surface area contributed by atoms with E-state index in [0.717, 1.165) is 4.90 Å². The molecule has 1 heterocycles. The van der Waals surface area contributed by atoms with Crippen molar-refractivity contribution in [1.29, 1.82) is 0 Å². The van der Waals surface area contributed by atoms with Crippen LogP contribution in [0, 0.1) is 6.92 Å². The minimum atomic E-state index is -1.17. The van der Waals surface area contributed by atoms with E-state index >= 15 is 0 Å². The van der Waals surface area contributed by atoms with E-state index in [4.69, 9.17) is 16.7 Å². The molecule has 21 heavy (non-hydrogen) atoms. The third kappa shape index (κ3) is 3.25. The lowest BCUT2D eigenvalue weighted by Crippen LogP contribution is -2.60. The molecule has 2 rings (SSSR count). The zero-order chi connectivity index (χ0) is 15.6. The zero-order valence-corrected chi connectivity index (χ0v) is 12.0. The Kier molecular flexibility index (Phi) is 4.32. The molecule has 0 saturated carbocycles. The third-order valence-electron chi connectivity index (χ3n) is 3.24. The molecule has 112 valence electrons. The second-order valence-electron chi connectivity index (χ2n) is 4.63. The largest absolute Gasteiger partial charge is 0.480 e. The summed E-state index contributed by atoms with van der Waals surface area (Å²) in [6, 6.07) is 3.26. The van der Waals surface area contributed by atoms with Gasteiger partial charge in [-0.15, -0.1) is 0 Å². The van der Waals surface area contributed by atoms with E-state index in [2.05, 4.69) is 10.6 Å². The molecule has 3 amide bonds. The van der Waals surface area contributed by atoms with Crippen molar-refractivity contribution in [2.24, 2.45) is 0 Å². The lowest BCUT2D eigenvalue weighted by atomic mass is 10.2. The van der Waals surface area contributed by atoms with Gasteiger partial charge in [0.1, 0.15) is 12.6 Å². The summed E-state index contributed by atoms with van der Waals surface area (Å²) in [6.07, 6.45) is 0. The van der Waals surface area contributed by atoms with Crippen LogP contribution in [0.2, 0.25) is 5.02 Å². The lowest BCUT2D eigenvalue weighted by molar-refractivity contribution is -0.144. The number of anilines is 1. The summed E-state index contributed by atoms with van der Waals surface area (Å²) in [5, 5.41) is 14.6. The third-order valence-corrected chi connectivity index (χ3v) is 3.65. The minimum absolute atomic E-state index is 0.115. The molecule has 1 fully saturated rings. The SMILES string of the molecule is Cc1c(Cl)cccc1NC(=O)N1CC(=O)NCC1C(=O)O. The normalized spacial score (nSPS) is 18.1. The molecule has 1 aliphatic rings. The van der Waals surface area contributed by atoms with Crippen molar-refractivity contribution in [3.8, 4) is 0 Å². The number of rotatable bonds is 2. The number of aliphatic carboxylic acids is 1. The summed E-state index contributed by atoms with van der Waals surface area (Å²) in [6.45, 7) is 1.31. The number of hydrogen-bond donors (Lipinski definition) is 3. The first kappa shape index (κ1) is 15.1. The Balaban J connectivity index is 2.19.